The molecule has 3 heterocycles. The maximum Gasteiger partial charge on any atom is 0.233 e. The Morgan fingerprint density at radius 3 is 2.74 bits per heavy atom. The molecule has 1 aromatic carbocycles. The van der Waals surface area contributed by atoms with Crippen molar-refractivity contribution in [3.8, 4) is 5.75 Å². The number of ether oxygens (including phenoxy) is 2. The number of allylic oxidation sites excluding steroid dienone is 1. The predicted molar refractivity (Wildman–Crippen MR) is 136 cm³/mol. The van der Waals surface area contributed by atoms with Gasteiger partial charge in [-0.05, 0) is 69.8 Å². The van der Waals surface area contributed by atoms with Gasteiger partial charge in [-0.15, -0.1) is 0 Å². The molecule has 0 unspecified atom stereocenters. The number of carbonyl (C=O) groups excluding carboxylic acids is 1. The number of nitrogens with zero attached hydrogens (tertiary/aromatic N) is 3. The molecule has 6 nitrogen and oxygen atoms in total. The standard InChI is InChI=1S/C28H37N3O3/c1-6-25-22-9-8-21(20(3)23(22)19-34-25)11-15-31-16-12-28(7-2,13-17-31)27(32)30(4)24-18-29-14-10-26(24)33-5/h6,8-10,14,18H,7,11-13,15-17,19H2,1-5H3/b25-6+. The monoisotopic (exact) mass is 463 g/mol. The molecule has 0 atom stereocenters. The molecule has 6 heteroatoms. The molecule has 182 valence electrons. The molecule has 2 aliphatic rings. The largest absolute Gasteiger partial charge is 0.494 e. The molecule has 1 aromatic heterocycles. The molecule has 0 spiro atoms. The lowest BCUT2D eigenvalue weighted by Gasteiger charge is -2.42. The Kier molecular flexibility index (Phi) is 7.27. The van der Waals surface area contributed by atoms with Crippen LogP contribution in [-0.2, 0) is 22.6 Å². The van der Waals surface area contributed by atoms with E-state index in [2.05, 4.69) is 35.9 Å². The smallest absolute Gasteiger partial charge is 0.233 e. The molecule has 0 aliphatic carbocycles. The Labute approximate surface area is 203 Å². The van der Waals surface area contributed by atoms with Crippen molar-refractivity contribution < 1.29 is 14.3 Å². The summed E-state index contributed by atoms with van der Waals surface area (Å²) in [6, 6.07) is 6.26. The van der Waals surface area contributed by atoms with E-state index in [1.165, 1.54) is 22.3 Å². The zero-order valence-electron chi connectivity index (χ0n) is 21.2. The van der Waals surface area contributed by atoms with Crippen molar-refractivity contribution in [1.29, 1.82) is 0 Å². The minimum atomic E-state index is -0.337. The van der Waals surface area contributed by atoms with Gasteiger partial charge < -0.3 is 19.3 Å². The number of fused-ring (bicyclic) bond motifs is 1. The van der Waals surface area contributed by atoms with E-state index < -0.39 is 0 Å². The fourth-order valence-electron chi connectivity index (χ4n) is 5.42. The van der Waals surface area contributed by atoms with Gasteiger partial charge in [-0.1, -0.05) is 19.1 Å². The summed E-state index contributed by atoms with van der Waals surface area (Å²) in [6.45, 7) is 9.94. The number of benzene rings is 1. The number of piperidine rings is 1. The number of methoxy groups -OCH3 is 1. The maximum atomic E-state index is 13.6. The maximum absolute atomic E-state index is 13.6. The second-order valence-corrected chi connectivity index (χ2v) is 9.45. The van der Waals surface area contributed by atoms with Crippen LogP contribution in [0.1, 0.15) is 55.4 Å². The van der Waals surface area contributed by atoms with Crippen LogP contribution < -0.4 is 9.64 Å². The first kappa shape index (κ1) is 24.3. The van der Waals surface area contributed by atoms with Gasteiger partial charge in [0.05, 0.1) is 18.7 Å². The van der Waals surface area contributed by atoms with Crippen molar-refractivity contribution in [2.24, 2.45) is 5.41 Å². The third kappa shape index (κ3) is 4.43. The molecule has 0 saturated carbocycles. The predicted octanol–water partition coefficient (Wildman–Crippen LogP) is 4.99. The second kappa shape index (κ2) is 10.2. The van der Waals surface area contributed by atoms with Crippen LogP contribution in [0, 0.1) is 12.3 Å². The van der Waals surface area contributed by atoms with Crippen LogP contribution >= 0.6 is 0 Å². The van der Waals surface area contributed by atoms with E-state index in [4.69, 9.17) is 9.47 Å². The summed E-state index contributed by atoms with van der Waals surface area (Å²) in [5.74, 6) is 1.83. The van der Waals surface area contributed by atoms with E-state index in [0.29, 0.717) is 12.4 Å². The second-order valence-electron chi connectivity index (χ2n) is 9.45. The molecule has 0 N–H and O–H groups in total. The highest BCUT2D eigenvalue weighted by atomic mass is 16.5. The topological polar surface area (TPSA) is 54.9 Å². The summed E-state index contributed by atoms with van der Waals surface area (Å²) in [5, 5.41) is 0. The van der Waals surface area contributed by atoms with Crippen LogP contribution in [0.5, 0.6) is 5.75 Å². The van der Waals surface area contributed by atoms with Crippen molar-refractivity contribution in [1.82, 2.24) is 9.88 Å². The average Bonchev–Trinajstić information content (AvgIpc) is 3.32. The molecule has 1 amide bonds. The summed E-state index contributed by atoms with van der Waals surface area (Å²) < 4.78 is 11.3. The Morgan fingerprint density at radius 1 is 1.29 bits per heavy atom. The Hall–Kier alpha value is -2.86. The summed E-state index contributed by atoms with van der Waals surface area (Å²) in [4.78, 5) is 22.1. The van der Waals surface area contributed by atoms with Gasteiger partial charge in [0, 0.05) is 37.0 Å². The van der Waals surface area contributed by atoms with Crippen molar-refractivity contribution in [3.05, 3.63) is 58.9 Å². The quantitative estimate of drug-likeness (QED) is 0.579. The van der Waals surface area contributed by atoms with E-state index in [9.17, 15) is 4.79 Å². The van der Waals surface area contributed by atoms with Crippen molar-refractivity contribution >= 4 is 17.4 Å². The third-order valence-electron chi connectivity index (χ3n) is 7.90. The lowest BCUT2D eigenvalue weighted by atomic mass is 9.74. The van der Waals surface area contributed by atoms with Gasteiger partial charge in [-0.3, -0.25) is 9.78 Å². The number of pyridine rings is 1. The fraction of sp³-hybridized carbons (Fsp3) is 0.500. The number of anilines is 1. The highest BCUT2D eigenvalue weighted by Gasteiger charge is 2.42. The number of hydrogen-bond acceptors (Lipinski definition) is 5. The average molecular weight is 464 g/mol. The number of amides is 1. The minimum Gasteiger partial charge on any atom is -0.494 e. The van der Waals surface area contributed by atoms with Gasteiger partial charge >= 0.3 is 0 Å². The SMILES string of the molecule is C/C=C1/OCc2c1ccc(CCN1CCC(CC)(C(=O)N(C)c3cnccc3OC)CC1)c2C. The van der Waals surface area contributed by atoms with Crippen LogP contribution in [0.4, 0.5) is 5.69 Å². The van der Waals surface area contributed by atoms with Crippen molar-refractivity contribution in [3.63, 3.8) is 0 Å². The third-order valence-corrected chi connectivity index (χ3v) is 7.90. The first-order valence-electron chi connectivity index (χ1n) is 12.3. The van der Waals surface area contributed by atoms with Gasteiger partial charge in [-0.25, -0.2) is 0 Å². The van der Waals surface area contributed by atoms with E-state index in [0.717, 1.165) is 56.8 Å². The number of aromatic nitrogens is 1. The Bertz CT molecular complexity index is 1070. The Morgan fingerprint density at radius 2 is 2.06 bits per heavy atom. The van der Waals surface area contributed by atoms with Crippen molar-refractivity contribution in [2.45, 2.75) is 53.1 Å². The van der Waals surface area contributed by atoms with Crippen LogP contribution in [0.15, 0.2) is 36.7 Å². The first-order valence-corrected chi connectivity index (χ1v) is 12.3. The van der Waals surface area contributed by atoms with E-state index >= 15 is 0 Å². The first-order chi connectivity index (χ1) is 16.4. The van der Waals surface area contributed by atoms with Gasteiger partial charge in [0.15, 0.2) is 0 Å². The normalized spacial score (nSPS) is 18.4. The van der Waals surface area contributed by atoms with Gasteiger partial charge in [0.1, 0.15) is 23.8 Å². The zero-order valence-corrected chi connectivity index (χ0v) is 21.2. The number of hydrogen-bond donors (Lipinski definition) is 0. The molecular weight excluding hydrogens is 426 g/mol. The molecular formula is C28H37N3O3. The molecule has 4 rings (SSSR count). The molecule has 2 aromatic rings. The van der Waals surface area contributed by atoms with Crippen LogP contribution in [0.2, 0.25) is 0 Å². The number of likely N-dealkylation sites (tertiary alicyclic amines) is 1. The van der Waals surface area contributed by atoms with Crippen LogP contribution in [-0.4, -0.2) is 49.6 Å². The lowest BCUT2D eigenvalue weighted by Crippen LogP contribution is -2.49. The molecule has 34 heavy (non-hydrogen) atoms. The van der Waals surface area contributed by atoms with Gasteiger partial charge in [-0.2, -0.15) is 0 Å². The summed E-state index contributed by atoms with van der Waals surface area (Å²) in [6.07, 6.45) is 9.03. The van der Waals surface area contributed by atoms with Gasteiger partial charge in [0.25, 0.3) is 0 Å². The molecule has 1 fully saturated rings. The molecule has 1 saturated heterocycles. The number of carbonyl (C=O) groups is 1. The molecule has 0 radical (unpaired) electrons. The zero-order chi connectivity index (χ0) is 24.3. The highest BCUT2D eigenvalue weighted by molar-refractivity contribution is 5.98. The summed E-state index contributed by atoms with van der Waals surface area (Å²) >= 11 is 0. The van der Waals surface area contributed by atoms with Gasteiger partial charge in [0.2, 0.25) is 5.91 Å². The molecule has 2 aliphatic heterocycles. The van der Waals surface area contributed by atoms with E-state index in [-0.39, 0.29) is 11.3 Å². The summed E-state index contributed by atoms with van der Waals surface area (Å²) in [7, 11) is 3.46. The number of rotatable bonds is 7. The summed E-state index contributed by atoms with van der Waals surface area (Å²) in [5.41, 5.74) is 5.71. The molecule has 0 bridgehead atoms. The highest BCUT2D eigenvalue weighted by Crippen LogP contribution is 2.39. The lowest BCUT2D eigenvalue weighted by molar-refractivity contribution is -0.131. The fourth-order valence-corrected chi connectivity index (χ4v) is 5.42. The van der Waals surface area contributed by atoms with Crippen LogP contribution in [0.25, 0.3) is 5.76 Å². The van der Waals surface area contributed by atoms with Crippen molar-refractivity contribution in [2.75, 3.05) is 38.7 Å². The Balaban J connectivity index is 1.39. The van der Waals surface area contributed by atoms with E-state index in [1.807, 2.05) is 20.0 Å². The van der Waals surface area contributed by atoms with Crippen LogP contribution in [0.3, 0.4) is 0 Å². The minimum absolute atomic E-state index is 0.162. The van der Waals surface area contributed by atoms with E-state index in [1.54, 1.807) is 30.5 Å².